The zero-order chi connectivity index (χ0) is 14.5. The van der Waals surface area contributed by atoms with E-state index in [9.17, 15) is 0 Å². The van der Waals surface area contributed by atoms with E-state index in [2.05, 4.69) is 31.9 Å². The van der Waals surface area contributed by atoms with Crippen molar-refractivity contribution in [2.24, 2.45) is 5.73 Å². The molecule has 1 heterocycles. The van der Waals surface area contributed by atoms with Crippen LogP contribution in [0.25, 0.3) is 0 Å². The van der Waals surface area contributed by atoms with Gasteiger partial charge < -0.3 is 10.5 Å². The monoisotopic (exact) mass is 291 g/mol. The van der Waals surface area contributed by atoms with Crippen molar-refractivity contribution in [3.8, 4) is 11.5 Å². The van der Waals surface area contributed by atoms with Gasteiger partial charge in [-0.1, -0.05) is 13.0 Å². The maximum Gasteiger partial charge on any atom is 0.165 e. The van der Waals surface area contributed by atoms with Crippen LogP contribution < -0.4 is 10.5 Å². The van der Waals surface area contributed by atoms with Crippen LogP contribution in [0.4, 0.5) is 0 Å². The van der Waals surface area contributed by atoms with Gasteiger partial charge in [0.25, 0.3) is 0 Å². The van der Waals surface area contributed by atoms with Crippen LogP contribution in [-0.4, -0.2) is 15.5 Å². The van der Waals surface area contributed by atoms with Gasteiger partial charge in [-0.25, -0.2) is 0 Å². The molecule has 20 heavy (non-hydrogen) atoms. The third-order valence-electron chi connectivity index (χ3n) is 2.93. The quantitative estimate of drug-likeness (QED) is 0.822. The molecule has 0 aliphatic carbocycles. The van der Waals surface area contributed by atoms with Crippen LogP contribution in [0.3, 0.4) is 0 Å². The second-order valence-corrected chi connectivity index (χ2v) is 6.03. The average Bonchev–Trinajstić information content (AvgIpc) is 2.88. The smallest absolute Gasteiger partial charge is 0.165 e. The highest BCUT2D eigenvalue weighted by Gasteiger charge is 2.10. The molecule has 2 N–H and O–H groups in total. The summed E-state index contributed by atoms with van der Waals surface area (Å²) in [5.41, 5.74) is 6.93. The number of hydrogen-bond acceptors (Lipinski definition) is 4. The van der Waals surface area contributed by atoms with Crippen molar-refractivity contribution in [3.63, 3.8) is 0 Å². The number of nitrogens with two attached hydrogens (primary N) is 1. The zero-order valence-electron chi connectivity index (χ0n) is 12.2. The summed E-state index contributed by atoms with van der Waals surface area (Å²) in [7, 11) is 0. The molecule has 1 aromatic carbocycles. The molecular formula is C15H21N3OS. The summed E-state index contributed by atoms with van der Waals surface area (Å²) in [5, 5.41) is 4.28. The number of ether oxygens (including phenoxy) is 1. The Morgan fingerprint density at radius 1 is 1.40 bits per heavy atom. The fourth-order valence-electron chi connectivity index (χ4n) is 1.92. The molecular weight excluding hydrogens is 270 g/mol. The van der Waals surface area contributed by atoms with Crippen molar-refractivity contribution >= 4 is 11.8 Å². The number of aromatic nitrogens is 2. The first-order valence-electron chi connectivity index (χ1n) is 6.82. The van der Waals surface area contributed by atoms with Crippen LogP contribution in [0.1, 0.15) is 32.4 Å². The molecule has 4 nitrogen and oxygen atoms in total. The molecule has 0 amide bonds. The van der Waals surface area contributed by atoms with E-state index in [0.29, 0.717) is 12.6 Å². The minimum Gasteiger partial charge on any atom is -0.454 e. The molecule has 0 saturated heterocycles. The third kappa shape index (κ3) is 3.35. The maximum absolute atomic E-state index is 5.94. The summed E-state index contributed by atoms with van der Waals surface area (Å²) < 4.78 is 7.82. The van der Waals surface area contributed by atoms with Gasteiger partial charge in [0.1, 0.15) is 5.75 Å². The van der Waals surface area contributed by atoms with Gasteiger partial charge in [-0.2, -0.15) is 5.10 Å². The van der Waals surface area contributed by atoms with Crippen molar-refractivity contribution in [2.45, 2.75) is 38.3 Å². The van der Waals surface area contributed by atoms with Gasteiger partial charge in [-0.05, 0) is 31.7 Å². The Labute approximate surface area is 124 Å². The minimum absolute atomic E-state index is 0.323. The Morgan fingerprint density at radius 3 is 2.80 bits per heavy atom. The Hall–Kier alpha value is -1.46. The van der Waals surface area contributed by atoms with Gasteiger partial charge >= 0.3 is 0 Å². The van der Waals surface area contributed by atoms with Crippen LogP contribution in [-0.2, 0) is 6.54 Å². The van der Waals surface area contributed by atoms with Crippen LogP contribution in [0.5, 0.6) is 11.5 Å². The van der Waals surface area contributed by atoms with E-state index < -0.39 is 0 Å². The van der Waals surface area contributed by atoms with Gasteiger partial charge in [-0.15, -0.1) is 11.8 Å². The lowest BCUT2D eigenvalue weighted by Crippen LogP contribution is -2.02. The second-order valence-electron chi connectivity index (χ2n) is 4.72. The van der Waals surface area contributed by atoms with Crippen molar-refractivity contribution < 1.29 is 4.74 Å². The average molecular weight is 291 g/mol. The minimum atomic E-state index is 0.323. The van der Waals surface area contributed by atoms with Crippen LogP contribution in [0.2, 0.25) is 0 Å². The van der Waals surface area contributed by atoms with E-state index in [-0.39, 0.29) is 0 Å². The summed E-state index contributed by atoms with van der Waals surface area (Å²) >= 11 is 1.78. The maximum atomic E-state index is 5.94. The van der Waals surface area contributed by atoms with Gasteiger partial charge in [0.2, 0.25) is 0 Å². The van der Waals surface area contributed by atoms with Gasteiger partial charge in [0.15, 0.2) is 5.75 Å². The fourth-order valence-corrected chi connectivity index (χ4v) is 2.76. The molecule has 0 fully saturated rings. The molecule has 2 rings (SSSR count). The summed E-state index contributed by atoms with van der Waals surface area (Å²) in [5.74, 6) is 2.57. The fraction of sp³-hybridized carbons (Fsp3) is 0.400. The number of rotatable bonds is 6. The summed E-state index contributed by atoms with van der Waals surface area (Å²) in [6.07, 6.45) is 3.64. The second kappa shape index (κ2) is 6.81. The highest BCUT2D eigenvalue weighted by Crippen LogP contribution is 2.32. The molecule has 0 aliphatic heterocycles. The first kappa shape index (κ1) is 14.9. The lowest BCUT2D eigenvalue weighted by molar-refractivity contribution is 0.469. The predicted molar refractivity (Wildman–Crippen MR) is 83.4 cm³/mol. The van der Waals surface area contributed by atoms with Gasteiger partial charge in [0, 0.05) is 23.0 Å². The van der Waals surface area contributed by atoms with E-state index in [0.717, 1.165) is 22.8 Å². The highest BCUT2D eigenvalue weighted by atomic mass is 32.2. The standard InChI is InChI=1S/C15H21N3OS/c1-4-20-15-7-5-6-14(13(15)8-16)19-12-9-17-18(10-12)11(2)3/h5-7,9-11H,4,8,16H2,1-3H3. The molecule has 2 aromatic rings. The first-order chi connectivity index (χ1) is 9.65. The van der Waals surface area contributed by atoms with Gasteiger partial charge in [-0.3, -0.25) is 4.68 Å². The Morgan fingerprint density at radius 2 is 2.20 bits per heavy atom. The van der Waals surface area contributed by atoms with Crippen molar-refractivity contribution in [2.75, 3.05) is 5.75 Å². The van der Waals surface area contributed by atoms with Crippen molar-refractivity contribution in [1.29, 1.82) is 0 Å². The molecule has 108 valence electrons. The molecule has 5 heteroatoms. The van der Waals surface area contributed by atoms with Crippen LogP contribution >= 0.6 is 11.8 Å². The molecule has 0 spiro atoms. The molecule has 0 saturated carbocycles. The van der Waals surface area contributed by atoms with Crippen molar-refractivity contribution in [1.82, 2.24) is 9.78 Å². The number of benzene rings is 1. The zero-order valence-corrected chi connectivity index (χ0v) is 13.0. The lowest BCUT2D eigenvalue weighted by atomic mass is 10.2. The molecule has 0 aliphatic rings. The SMILES string of the molecule is CCSc1cccc(Oc2cnn(C(C)C)c2)c1CN. The largest absolute Gasteiger partial charge is 0.454 e. The molecule has 0 radical (unpaired) electrons. The number of thioether (sulfide) groups is 1. The Balaban J connectivity index is 2.25. The normalized spacial score (nSPS) is 11.1. The molecule has 0 atom stereocenters. The van der Waals surface area contributed by atoms with Crippen LogP contribution in [0.15, 0.2) is 35.5 Å². The Kier molecular flexibility index (Phi) is 5.09. The van der Waals surface area contributed by atoms with E-state index >= 15 is 0 Å². The molecule has 1 aromatic heterocycles. The first-order valence-corrected chi connectivity index (χ1v) is 7.81. The van der Waals surface area contributed by atoms with E-state index in [1.165, 1.54) is 4.90 Å². The Bertz CT molecular complexity index is 566. The molecule has 0 bridgehead atoms. The van der Waals surface area contributed by atoms with Crippen molar-refractivity contribution in [3.05, 3.63) is 36.2 Å². The topological polar surface area (TPSA) is 53.1 Å². The third-order valence-corrected chi connectivity index (χ3v) is 3.91. The predicted octanol–water partition coefficient (Wildman–Crippen LogP) is 3.83. The van der Waals surface area contributed by atoms with Gasteiger partial charge in [0.05, 0.1) is 12.4 Å². The van der Waals surface area contributed by atoms with Crippen LogP contribution in [0, 0.1) is 0 Å². The number of nitrogens with zero attached hydrogens (tertiary/aromatic N) is 2. The number of hydrogen-bond donors (Lipinski definition) is 1. The molecule has 0 unspecified atom stereocenters. The lowest BCUT2D eigenvalue weighted by Gasteiger charge is -2.12. The van der Waals surface area contributed by atoms with E-state index in [1.807, 2.05) is 23.0 Å². The summed E-state index contributed by atoms with van der Waals surface area (Å²) in [6, 6.07) is 6.36. The highest BCUT2D eigenvalue weighted by molar-refractivity contribution is 7.99. The van der Waals surface area contributed by atoms with E-state index in [4.69, 9.17) is 10.5 Å². The summed E-state index contributed by atoms with van der Waals surface area (Å²) in [6.45, 7) is 6.77. The van der Waals surface area contributed by atoms with E-state index in [1.54, 1.807) is 18.0 Å². The summed E-state index contributed by atoms with van der Waals surface area (Å²) in [4.78, 5) is 1.18.